The van der Waals surface area contributed by atoms with E-state index in [2.05, 4.69) is 10.4 Å². The lowest BCUT2D eigenvalue weighted by Gasteiger charge is -2.16. The normalized spacial score (nSPS) is 12.7. The van der Waals surface area contributed by atoms with E-state index >= 15 is 0 Å². The lowest BCUT2D eigenvalue weighted by atomic mass is 10.0. The summed E-state index contributed by atoms with van der Waals surface area (Å²) in [5.41, 5.74) is 3.28. The van der Waals surface area contributed by atoms with Crippen molar-refractivity contribution in [2.45, 2.75) is 19.4 Å². The van der Waals surface area contributed by atoms with E-state index in [0.717, 1.165) is 10.7 Å². The fraction of sp³-hybridized carbons (Fsp3) is 0.250. The summed E-state index contributed by atoms with van der Waals surface area (Å²) in [6, 6.07) is 3.14. The molecule has 2 aromatic rings. The SMILES string of the molecule is Cc1csc(CC(NN)c2c(F)cccc2F)n1. The monoisotopic (exact) mass is 269 g/mol. The highest BCUT2D eigenvalue weighted by Gasteiger charge is 2.20. The van der Waals surface area contributed by atoms with Gasteiger partial charge in [0.15, 0.2) is 0 Å². The van der Waals surface area contributed by atoms with E-state index in [1.807, 2.05) is 12.3 Å². The largest absolute Gasteiger partial charge is 0.271 e. The molecular formula is C12H13F2N3S. The molecule has 0 spiro atoms. The number of nitrogens with zero attached hydrogens (tertiary/aromatic N) is 1. The van der Waals surface area contributed by atoms with Crippen LogP contribution in [-0.4, -0.2) is 4.98 Å². The topological polar surface area (TPSA) is 50.9 Å². The van der Waals surface area contributed by atoms with Gasteiger partial charge in [0, 0.05) is 23.1 Å². The molecule has 96 valence electrons. The molecule has 6 heteroatoms. The molecule has 1 aromatic heterocycles. The van der Waals surface area contributed by atoms with Gasteiger partial charge in [-0.1, -0.05) is 6.07 Å². The Bertz CT molecular complexity index is 522. The van der Waals surface area contributed by atoms with Crippen LogP contribution >= 0.6 is 11.3 Å². The maximum Gasteiger partial charge on any atom is 0.130 e. The number of thiazole rings is 1. The van der Waals surface area contributed by atoms with E-state index in [4.69, 9.17) is 5.84 Å². The Morgan fingerprint density at radius 3 is 2.56 bits per heavy atom. The average Bonchev–Trinajstić information content (AvgIpc) is 2.73. The minimum Gasteiger partial charge on any atom is -0.271 e. The molecule has 2 rings (SSSR count). The molecule has 0 aliphatic rings. The van der Waals surface area contributed by atoms with Crippen LogP contribution in [0, 0.1) is 18.6 Å². The first kappa shape index (κ1) is 13.1. The van der Waals surface area contributed by atoms with Crippen molar-refractivity contribution in [2.75, 3.05) is 0 Å². The van der Waals surface area contributed by atoms with E-state index in [9.17, 15) is 8.78 Å². The molecular weight excluding hydrogens is 256 g/mol. The Morgan fingerprint density at radius 2 is 2.06 bits per heavy atom. The average molecular weight is 269 g/mol. The van der Waals surface area contributed by atoms with Crippen molar-refractivity contribution >= 4 is 11.3 Å². The van der Waals surface area contributed by atoms with Gasteiger partial charge >= 0.3 is 0 Å². The van der Waals surface area contributed by atoms with Gasteiger partial charge in [0.1, 0.15) is 11.6 Å². The number of hydrogen-bond donors (Lipinski definition) is 2. The van der Waals surface area contributed by atoms with Crippen molar-refractivity contribution < 1.29 is 8.78 Å². The molecule has 0 aliphatic heterocycles. The van der Waals surface area contributed by atoms with Crippen LogP contribution in [0.5, 0.6) is 0 Å². The molecule has 1 atom stereocenters. The first-order valence-corrected chi connectivity index (χ1v) is 6.31. The Balaban J connectivity index is 2.28. The maximum absolute atomic E-state index is 13.6. The second-order valence-corrected chi connectivity index (χ2v) is 4.88. The Kier molecular flexibility index (Phi) is 4.00. The van der Waals surface area contributed by atoms with E-state index < -0.39 is 17.7 Å². The van der Waals surface area contributed by atoms with Gasteiger partial charge in [-0.25, -0.2) is 13.8 Å². The summed E-state index contributed by atoms with van der Waals surface area (Å²) >= 11 is 1.45. The lowest BCUT2D eigenvalue weighted by Crippen LogP contribution is -2.31. The highest BCUT2D eigenvalue weighted by molar-refractivity contribution is 7.09. The first-order valence-electron chi connectivity index (χ1n) is 5.43. The molecule has 0 amide bonds. The molecule has 0 saturated heterocycles. The number of aryl methyl sites for hydroxylation is 1. The predicted octanol–water partition coefficient (Wildman–Crippen LogP) is 2.48. The molecule has 18 heavy (non-hydrogen) atoms. The molecule has 0 radical (unpaired) electrons. The van der Waals surface area contributed by atoms with E-state index in [-0.39, 0.29) is 5.56 Å². The summed E-state index contributed by atoms with van der Waals surface area (Å²) in [4.78, 5) is 4.26. The number of rotatable bonds is 4. The van der Waals surface area contributed by atoms with Crippen molar-refractivity contribution in [1.82, 2.24) is 10.4 Å². The van der Waals surface area contributed by atoms with Crippen molar-refractivity contribution in [1.29, 1.82) is 0 Å². The Hall–Kier alpha value is -1.37. The number of nitrogens with one attached hydrogen (secondary N) is 1. The van der Waals surface area contributed by atoms with E-state index in [1.54, 1.807) is 0 Å². The second kappa shape index (κ2) is 5.51. The van der Waals surface area contributed by atoms with Gasteiger partial charge in [0.05, 0.1) is 11.0 Å². The van der Waals surface area contributed by atoms with Crippen LogP contribution < -0.4 is 11.3 Å². The Morgan fingerprint density at radius 1 is 1.39 bits per heavy atom. The highest BCUT2D eigenvalue weighted by atomic mass is 32.1. The number of benzene rings is 1. The predicted molar refractivity (Wildman–Crippen MR) is 67.0 cm³/mol. The van der Waals surface area contributed by atoms with Crippen molar-refractivity contribution in [3.8, 4) is 0 Å². The molecule has 1 aromatic carbocycles. The second-order valence-electron chi connectivity index (χ2n) is 3.94. The van der Waals surface area contributed by atoms with Crippen molar-refractivity contribution in [3.63, 3.8) is 0 Å². The zero-order valence-corrected chi connectivity index (χ0v) is 10.6. The highest BCUT2D eigenvalue weighted by Crippen LogP contribution is 2.24. The van der Waals surface area contributed by atoms with Crippen LogP contribution in [0.2, 0.25) is 0 Å². The molecule has 0 fully saturated rings. The molecule has 0 saturated carbocycles. The molecule has 3 nitrogen and oxygen atoms in total. The third-order valence-corrected chi connectivity index (χ3v) is 3.58. The van der Waals surface area contributed by atoms with E-state index in [1.165, 1.54) is 29.5 Å². The molecule has 3 N–H and O–H groups in total. The maximum atomic E-state index is 13.6. The molecule has 1 heterocycles. The van der Waals surface area contributed by atoms with Gasteiger partial charge in [-0.3, -0.25) is 11.3 Å². The zero-order chi connectivity index (χ0) is 13.1. The zero-order valence-electron chi connectivity index (χ0n) is 9.78. The fourth-order valence-corrected chi connectivity index (χ4v) is 2.58. The van der Waals surface area contributed by atoms with E-state index in [0.29, 0.717) is 6.42 Å². The molecule has 0 bridgehead atoms. The van der Waals surface area contributed by atoms with Crippen molar-refractivity contribution in [3.05, 3.63) is 51.5 Å². The molecule has 0 aliphatic carbocycles. The smallest absolute Gasteiger partial charge is 0.130 e. The number of halogens is 2. The van der Waals surface area contributed by atoms with Crippen LogP contribution in [0.1, 0.15) is 22.3 Å². The summed E-state index contributed by atoms with van der Waals surface area (Å²) in [6.07, 6.45) is 0.354. The van der Waals surface area contributed by atoms with Gasteiger partial charge in [-0.05, 0) is 19.1 Å². The van der Waals surface area contributed by atoms with Crippen LogP contribution in [0.25, 0.3) is 0 Å². The quantitative estimate of drug-likeness (QED) is 0.662. The summed E-state index contributed by atoms with van der Waals surface area (Å²) in [6.45, 7) is 1.87. The third-order valence-electron chi connectivity index (χ3n) is 2.59. The van der Waals surface area contributed by atoms with Gasteiger partial charge in [0.2, 0.25) is 0 Å². The van der Waals surface area contributed by atoms with Crippen LogP contribution in [0.4, 0.5) is 8.78 Å². The summed E-state index contributed by atoms with van der Waals surface area (Å²) in [5.74, 6) is 4.18. The summed E-state index contributed by atoms with van der Waals surface area (Å²) in [5, 5.41) is 2.68. The fourth-order valence-electron chi connectivity index (χ4n) is 1.76. The minimum atomic E-state index is -0.628. The first-order chi connectivity index (χ1) is 8.61. The molecule has 1 unspecified atom stereocenters. The Labute approximate surface area is 108 Å². The van der Waals surface area contributed by atoms with Gasteiger partial charge in [-0.2, -0.15) is 0 Å². The van der Waals surface area contributed by atoms with Gasteiger partial charge < -0.3 is 0 Å². The third kappa shape index (κ3) is 2.72. The van der Waals surface area contributed by atoms with Crippen molar-refractivity contribution in [2.24, 2.45) is 5.84 Å². The standard InChI is InChI=1S/C12H13F2N3S/c1-7-6-18-11(16-7)5-10(17-15)12-8(13)3-2-4-9(12)14/h2-4,6,10,17H,5,15H2,1H3. The van der Waals surface area contributed by atoms with Crippen LogP contribution in [0.15, 0.2) is 23.6 Å². The van der Waals surface area contributed by atoms with Gasteiger partial charge in [-0.15, -0.1) is 11.3 Å². The van der Waals surface area contributed by atoms with Gasteiger partial charge in [0.25, 0.3) is 0 Å². The number of hydrogen-bond acceptors (Lipinski definition) is 4. The number of aromatic nitrogens is 1. The number of hydrazine groups is 1. The summed E-state index contributed by atoms with van der Waals surface area (Å²) in [7, 11) is 0. The summed E-state index contributed by atoms with van der Waals surface area (Å²) < 4.78 is 27.3. The number of nitrogens with two attached hydrogens (primary N) is 1. The minimum absolute atomic E-state index is 0.0483. The lowest BCUT2D eigenvalue weighted by molar-refractivity contribution is 0.472. The van der Waals surface area contributed by atoms with Crippen LogP contribution in [0.3, 0.4) is 0 Å². The van der Waals surface area contributed by atoms with Crippen LogP contribution in [-0.2, 0) is 6.42 Å².